The van der Waals surface area contributed by atoms with Crippen LogP contribution < -0.4 is 5.43 Å². The highest BCUT2D eigenvalue weighted by Gasteiger charge is 2.08. The first-order valence-electron chi connectivity index (χ1n) is 4.10. The second kappa shape index (κ2) is 3.53. The lowest BCUT2D eigenvalue weighted by atomic mass is 10.3. The fourth-order valence-electron chi connectivity index (χ4n) is 1.07. The molecule has 0 unspecified atom stereocenters. The van der Waals surface area contributed by atoms with Crippen LogP contribution in [0.2, 0.25) is 0 Å². The molecule has 1 aromatic heterocycles. The number of hydrogen-bond donors (Lipinski definition) is 1. The molecule has 2 heterocycles. The summed E-state index contributed by atoms with van der Waals surface area (Å²) in [6.07, 6.45) is 2.53. The molecule has 0 aliphatic carbocycles. The maximum absolute atomic E-state index is 5.15. The molecule has 0 amide bonds. The van der Waals surface area contributed by atoms with E-state index in [-0.39, 0.29) is 0 Å². The molecule has 0 saturated carbocycles. The van der Waals surface area contributed by atoms with E-state index in [4.69, 9.17) is 4.74 Å². The number of hydrogen-bond acceptors (Lipinski definition) is 5. The van der Waals surface area contributed by atoms with Gasteiger partial charge in [-0.25, -0.2) is 4.68 Å². The van der Waals surface area contributed by atoms with Gasteiger partial charge in [0.15, 0.2) is 5.82 Å². The van der Waals surface area contributed by atoms with Crippen molar-refractivity contribution >= 4 is 11.5 Å². The molecule has 0 atom stereocenters. The third kappa shape index (κ3) is 1.83. The van der Waals surface area contributed by atoms with Crippen LogP contribution in [-0.2, 0) is 11.8 Å². The van der Waals surface area contributed by atoms with Gasteiger partial charge >= 0.3 is 0 Å². The summed E-state index contributed by atoms with van der Waals surface area (Å²) in [5, 5.41) is 11.6. The van der Waals surface area contributed by atoms with Crippen molar-refractivity contribution in [3.05, 3.63) is 6.20 Å². The third-order valence-corrected chi connectivity index (χ3v) is 1.85. The highest BCUT2D eigenvalue weighted by Crippen LogP contribution is 2.03. The Morgan fingerprint density at radius 2 is 2.62 bits per heavy atom. The van der Waals surface area contributed by atoms with Crippen molar-refractivity contribution in [2.24, 2.45) is 12.1 Å². The minimum atomic E-state index is 0.623. The minimum absolute atomic E-state index is 0.623. The first-order chi connectivity index (χ1) is 6.36. The number of aromatic nitrogens is 3. The van der Waals surface area contributed by atoms with Crippen LogP contribution in [0.1, 0.15) is 6.42 Å². The number of ether oxygens (including phenoxy) is 1. The van der Waals surface area contributed by atoms with Crippen molar-refractivity contribution < 1.29 is 4.74 Å². The molecule has 1 fully saturated rings. The average Bonchev–Trinajstić information content (AvgIpc) is 2.72. The maximum atomic E-state index is 5.15. The standard InChI is InChI=1S/C7H11N5O/c1-12-7(4-8-11-12)10-9-6-2-3-13-5-6/h4,10H,2-3,5H2,1H3/b9-6-. The lowest BCUT2D eigenvalue weighted by Gasteiger charge is -1.99. The Balaban J connectivity index is 1.99. The highest BCUT2D eigenvalue weighted by atomic mass is 16.5. The van der Waals surface area contributed by atoms with Crippen molar-refractivity contribution in [3.63, 3.8) is 0 Å². The van der Waals surface area contributed by atoms with Gasteiger partial charge in [0.1, 0.15) is 0 Å². The van der Waals surface area contributed by atoms with Gasteiger partial charge < -0.3 is 4.74 Å². The summed E-state index contributed by atoms with van der Waals surface area (Å²) in [4.78, 5) is 0. The number of anilines is 1. The summed E-state index contributed by atoms with van der Waals surface area (Å²) in [6.45, 7) is 1.39. The molecule has 0 spiro atoms. The zero-order chi connectivity index (χ0) is 9.10. The predicted octanol–water partition coefficient (Wildman–Crippen LogP) is 0.00330. The number of nitrogens with one attached hydrogen (secondary N) is 1. The molecule has 2 rings (SSSR count). The summed E-state index contributed by atoms with van der Waals surface area (Å²) >= 11 is 0. The molecule has 6 nitrogen and oxygen atoms in total. The van der Waals surface area contributed by atoms with Crippen LogP contribution in [-0.4, -0.2) is 33.9 Å². The van der Waals surface area contributed by atoms with Crippen LogP contribution in [0.5, 0.6) is 0 Å². The molecule has 1 saturated heterocycles. The largest absolute Gasteiger partial charge is 0.375 e. The third-order valence-electron chi connectivity index (χ3n) is 1.85. The average molecular weight is 181 g/mol. The van der Waals surface area contributed by atoms with Crippen LogP contribution >= 0.6 is 0 Å². The smallest absolute Gasteiger partial charge is 0.164 e. The van der Waals surface area contributed by atoms with E-state index in [1.54, 1.807) is 17.9 Å². The summed E-state index contributed by atoms with van der Waals surface area (Å²) in [6, 6.07) is 0. The van der Waals surface area contributed by atoms with Crippen molar-refractivity contribution in [3.8, 4) is 0 Å². The van der Waals surface area contributed by atoms with Gasteiger partial charge in [0.2, 0.25) is 0 Å². The van der Waals surface area contributed by atoms with Crippen LogP contribution in [0.4, 0.5) is 5.82 Å². The van der Waals surface area contributed by atoms with Gasteiger partial charge in [0.05, 0.1) is 25.1 Å². The number of aryl methyl sites for hydroxylation is 1. The zero-order valence-corrected chi connectivity index (χ0v) is 7.40. The molecule has 1 aliphatic heterocycles. The second-order valence-corrected chi connectivity index (χ2v) is 2.84. The molecular weight excluding hydrogens is 170 g/mol. The molecule has 0 radical (unpaired) electrons. The SMILES string of the molecule is Cn1nncc1N/N=C1/CCOC1. The van der Waals surface area contributed by atoms with E-state index in [9.17, 15) is 0 Å². The number of hydrazone groups is 1. The van der Waals surface area contributed by atoms with Crippen molar-refractivity contribution in [1.29, 1.82) is 0 Å². The molecule has 1 N–H and O–H groups in total. The Hall–Kier alpha value is -1.43. The Bertz CT molecular complexity index is 310. The molecule has 70 valence electrons. The fraction of sp³-hybridized carbons (Fsp3) is 0.571. The first kappa shape index (κ1) is 8.18. The van der Waals surface area contributed by atoms with Gasteiger partial charge in [-0.2, -0.15) is 5.10 Å². The van der Waals surface area contributed by atoms with Crippen LogP contribution in [0.3, 0.4) is 0 Å². The normalized spacial score (nSPS) is 19.6. The summed E-state index contributed by atoms with van der Waals surface area (Å²) in [7, 11) is 1.81. The molecular formula is C7H11N5O. The molecule has 0 bridgehead atoms. The number of rotatable bonds is 2. The lowest BCUT2D eigenvalue weighted by Crippen LogP contribution is -2.04. The van der Waals surface area contributed by atoms with Crippen LogP contribution in [0.15, 0.2) is 11.3 Å². The topological polar surface area (TPSA) is 64.3 Å². The Kier molecular flexibility index (Phi) is 2.22. The van der Waals surface area contributed by atoms with Crippen molar-refractivity contribution in [2.45, 2.75) is 6.42 Å². The van der Waals surface area contributed by atoms with Crippen LogP contribution in [0.25, 0.3) is 0 Å². The minimum Gasteiger partial charge on any atom is -0.375 e. The van der Waals surface area contributed by atoms with Gasteiger partial charge in [-0.15, -0.1) is 5.10 Å². The van der Waals surface area contributed by atoms with Gasteiger partial charge in [0, 0.05) is 13.5 Å². The van der Waals surface area contributed by atoms with Gasteiger partial charge in [0.25, 0.3) is 0 Å². The molecule has 0 aromatic carbocycles. The van der Waals surface area contributed by atoms with Crippen molar-refractivity contribution in [1.82, 2.24) is 15.0 Å². The van der Waals surface area contributed by atoms with E-state index in [1.165, 1.54) is 0 Å². The van der Waals surface area contributed by atoms with E-state index in [0.29, 0.717) is 6.61 Å². The second-order valence-electron chi connectivity index (χ2n) is 2.84. The van der Waals surface area contributed by atoms with E-state index in [2.05, 4.69) is 20.8 Å². The van der Waals surface area contributed by atoms with Gasteiger partial charge in [-0.05, 0) is 0 Å². The van der Waals surface area contributed by atoms with E-state index in [0.717, 1.165) is 24.6 Å². The maximum Gasteiger partial charge on any atom is 0.164 e. The quantitative estimate of drug-likeness (QED) is 0.652. The monoisotopic (exact) mass is 181 g/mol. The van der Waals surface area contributed by atoms with Crippen LogP contribution in [0, 0.1) is 0 Å². The first-order valence-corrected chi connectivity index (χ1v) is 4.10. The lowest BCUT2D eigenvalue weighted by molar-refractivity contribution is 0.209. The Labute approximate surface area is 75.6 Å². The van der Waals surface area contributed by atoms with Crippen molar-refractivity contribution in [2.75, 3.05) is 18.6 Å². The Morgan fingerprint density at radius 1 is 1.69 bits per heavy atom. The Morgan fingerprint density at radius 3 is 3.23 bits per heavy atom. The summed E-state index contributed by atoms with van der Waals surface area (Å²) in [5.74, 6) is 0.777. The van der Waals surface area contributed by atoms with E-state index < -0.39 is 0 Å². The summed E-state index contributed by atoms with van der Waals surface area (Å²) in [5.41, 5.74) is 3.91. The molecule has 13 heavy (non-hydrogen) atoms. The zero-order valence-electron chi connectivity index (χ0n) is 7.40. The molecule has 6 heteroatoms. The number of nitrogens with zero attached hydrogens (tertiary/aromatic N) is 4. The fourth-order valence-corrected chi connectivity index (χ4v) is 1.07. The predicted molar refractivity (Wildman–Crippen MR) is 47.5 cm³/mol. The molecule has 1 aliphatic rings. The van der Waals surface area contributed by atoms with E-state index >= 15 is 0 Å². The van der Waals surface area contributed by atoms with Gasteiger partial charge in [-0.3, -0.25) is 5.43 Å². The highest BCUT2D eigenvalue weighted by molar-refractivity contribution is 5.87. The van der Waals surface area contributed by atoms with Gasteiger partial charge in [-0.1, -0.05) is 5.21 Å². The molecule has 1 aromatic rings. The summed E-state index contributed by atoms with van der Waals surface area (Å²) < 4.78 is 6.77. The van der Waals surface area contributed by atoms with E-state index in [1.807, 2.05) is 0 Å².